The summed E-state index contributed by atoms with van der Waals surface area (Å²) in [4.78, 5) is 0. The molecule has 0 heterocycles. The van der Waals surface area contributed by atoms with Crippen LogP contribution in [0.25, 0.3) is 0 Å². The van der Waals surface area contributed by atoms with Crippen LogP contribution in [-0.4, -0.2) is 0 Å². The smallest absolute Gasteiger partial charge is 0.182 e. The zero-order valence-corrected chi connectivity index (χ0v) is 10.9. The Kier molecular flexibility index (Phi) is 2.96. The lowest BCUT2D eigenvalue weighted by Gasteiger charge is -2.61. The van der Waals surface area contributed by atoms with Crippen LogP contribution in [-0.2, 0) is 0 Å². The predicted molar refractivity (Wildman–Crippen MR) is 64.0 cm³/mol. The van der Waals surface area contributed by atoms with Gasteiger partial charge in [0.1, 0.15) is 0 Å². The third kappa shape index (κ3) is 1.16. The molecule has 4 heteroatoms. The lowest BCUT2D eigenvalue weighted by atomic mass is 9.33. The first-order valence-corrected chi connectivity index (χ1v) is 5.59. The van der Waals surface area contributed by atoms with Crippen LogP contribution in [0.3, 0.4) is 0 Å². The van der Waals surface area contributed by atoms with Crippen LogP contribution >= 0.6 is 0 Å². The molecular formula is C14H14N4. The van der Waals surface area contributed by atoms with Gasteiger partial charge in [0.2, 0.25) is 0 Å². The summed E-state index contributed by atoms with van der Waals surface area (Å²) in [5, 5.41) is 37.3. The first-order valence-electron chi connectivity index (χ1n) is 5.59. The molecule has 0 bridgehead atoms. The number of rotatable bonds is 1. The molecule has 0 aliphatic heterocycles. The van der Waals surface area contributed by atoms with E-state index in [0.717, 1.165) is 5.57 Å². The van der Waals surface area contributed by atoms with E-state index in [1.54, 1.807) is 13.8 Å². The summed E-state index contributed by atoms with van der Waals surface area (Å²) in [6, 6.07) is 7.67. The number of allylic oxidation sites excluding steroid dienone is 2. The average molecular weight is 238 g/mol. The monoisotopic (exact) mass is 238 g/mol. The maximum Gasteiger partial charge on any atom is 0.182 e. The third-order valence-electron chi connectivity index (χ3n) is 3.99. The SMILES string of the molecule is CC(C)=C[C@H]1C(C)(C)C(C#N)(C#N)C1(C#N)C#N. The van der Waals surface area contributed by atoms with Gasteiger partial charge in [-0.2, -0.15) is 21.0 Å². The largest absolute Gasteiger partial charge is 0.196 e. The zero-order chi connectivity index (χ0) is 14.2. The van der Waals surface area contributed by atoms with Crippen LogP contribution in [0, 0.1) is 67.5 Å². The molecule has 0 spiro atoms. The number of nitrogens with zero attached hydrogens (tertiary/aromatic N) is 4. The second-order valence-corrected chi connectivity index (χ2v) is 5.45. The fourth-order valence-corrected chi connectivity index (χ4v) is 2.93. The normalized spacial score (nSPS) is 25.2. The fourth-order valence-electron chi connectivity index (χ4n) is 2.93. The summed E-state index contributed by atoms with van der Waals surface area (Å²) in [5.74, 6) is -0.413. The van der Waals surface area contributed by atoms with Gasteiger partial charge in [-0.1, -0.05) is 25.5 Å². The van der Waals surface area contributed by atoms with Crippen molar-refractivity contribution < 1.29 is 0 Å². The molecule has 1 fully saturated rings. The van der Waals surface area contributed by atoms with Crippen molar-refractivity contribution in [2.45, 2.75) is 27.7 Å². The summed E-state index contributed by atoms with van der Waals surface area (Å²) < 4.78 is 0. The van der Waals surface area contributed by atoms with Gasteiger partial charge >= 0.3 is 0 Å². The molecule has 0 radical (unpaired) electrons. The Hall–Kier alpha value is -2.30. The van der Waals surface area contributed by atoms with Gasteiger partial charge in [-0.05, 0) is 13.8 Å². The standard InChI is InChI=1S/C14H14N4/c1-10(2)5-11-12(3,4)14(8-17,9-18)13(11,6-15)7-16/h5,11H,1-4H3/t11-/m0/s1. The Morgan fingerprint density at radius 3 is 1.67 bits per heavy atom. The van der Waals surface area contributed by atoms with Crippen molar-refractivity contribution in [2.24, 2.45) is 22.2 Å². The highest BCUT2D eigenvalue weighted by atomic mass is 14.8. The van der Waals surface area contributed by atoms with E-state index in [2.05, 4.69) is 0 Å². The minimum absolute atomic E-state index is 0.413. The van der Waals surface area contributed by atoms with E-state index in [0.29, 0.717) is 0 Å². The molecule has 4 nitrogen and oxygen atoms in total. The van der Waals surface area contributed by atoms with Crippen LogP contribution in [0.2, 0.25) is 0 Å². The van der Waals surface area contributed by atoms with E-state index in [-0.39, 0.29) is 0 Å². The molecule has 0 aromatic carbocycles. The average Bonchev–Trinajstić information content (AvgIpc) is 2.33. The Balaban J connectivity index is 3.60. The van der Waals surface area contributed by atoms with E-state index in [4.69, 9.17) is 0 Å². The summed E-state index contributed by atoms with van der Waals surface area (Å²) in [6.45, 7) is 7.26. The second kappa shape index (κ2) is 3.87. The minimum atomic E-state index is -1.59. The van der Waals surface area contributed by atoms with E-state index in [1.165, 1.54) is 0 Å². The lowest BCUT2D eigenvalue weighted by molar-refractivity contribution is -0.103. The van der Waals surface area contributed by atoms with Crippen LogP contribution in [0.1, 0.15) is 27.7 Å². The highest BCUT2D eigenvalue weighted by Crippen LogP contribution is 2.71. The second-order valence-electron chi connectivity index (χ2n) is 5.45. The van der Waals surface area contributed by atoms with Gasteiger partial charge in [0.05, 0.1) is 24.3 Å². The Morgan fingerprint density at radius 2 is 1.39 bits per heavy atom. The van der Waals surface area contributed by atoms with Gasteiger partial charge in [0.25, 0.3) is 0 Å². The quantitative estimate of drug-likeness (QED) is 0.656. The maximum absolute atomic E-state index is 9.35. The van der Waals surface area contributed by atoms with Crippen molar-refractivity contribution in [2.75, 3.05) is 0 Å². The van der Waals surface area contributed by atoms with Crippen LogP contribution in [0.15, 0.2) is 11.6 Å². The molecular weight excluding hydrogens is 224 g/mol. The molecule has 1 atom stereocenters. The summed E-state index contributed by atoms with van der Waals surface area (Å²) in [6.07, 6.45) is 1.82. The molecule has 0 amide bonds. The predicted octanol–water partition coefficient (Wildman–Crippen LogP) is 2.68. The van der Waals surface area contributed by atoms with E-state index >= 15 is 0 Å². The molecule has 0 saturated heterocycles. The van der Waals surface area contributed by atoms with E-state index in [9.17, 15) is 21.0 Å². The highest BCUT2D eigenvalue weighted by Gasteiger charge is 2.79. The van der Waals surface area contributed by atoms with Gasteiger partial charge in [-0.25, -0.2) is 0 Å². The Labute approximate surface area is 107 Å². The Bertz CT molecular complexity index is 537. The van der Waals surface area contributed by atoms with Crippen molar-refractivity contribution in [3.05, 3.63) is 11.6 Å². The van der Waals surface area contributed by atoms with E-state index < -0.39 is 22.2 Å². The number of hydrogen-bond donors (Lipinski definition) is 0. The molecule has 1 saturated carbocycles. The summed E-state index contributed by atoms with van der Waals surface area (Å²) in [5.41, 5.74) is -2.93. The molecule has 90 valence electrons. The topological polar surface area (TPSA) is 95.2 Å². The molecule has 1 rings (SSSR count). The summed E-state index contributed by atoms with van der Waals surface area (Å²) >= 11 is 0. The molecule has 0 aromatic rings. The molecule has 0 unspecified atom stereocenters. The van der Waals surface area contributed by atoms with Gasteiger partial charge in [-0.3, -0.25) is 0 Å². The first-order chi connectivity index (χ1) is 8.29. The molecule has 0 N–H and O–H groups in total. The van der Waals surface area contributed by atoms with Crippen molar-refractivity contribution >= 4 is 0 Å². The van der Waals surface area contributed by atoms with Crippen molar-refractivity contribution in [1.29, 1.82) is 21.0 Å². The van der Waals surface area contributed by atoms with Gasteiger partial charge in [0.15, 0.2) is 10.8 Å². The zero-order valence-electron chi connectivity index (χ0n) is 10.9. The van der Waals surface area contributed by atoms with Crippen LogP contribution < -0.4 is 0 Å². The first kappa shape index (κ1) is 13.8. The fraction of sp³-hybridized carbons (Fsp3) is 0.571. The van der Waals surface area contributed by atoms with Gasteiger partial charge in [-0.15, -0.1) is 0 Å². The van der Waals surface area contributed by atoms with Crippen molar-refractivity contribution in [1.82, 2.24) is 0 Å². The molecule has 1 aliphatic carbocycles. The van der Waals surface area contributed by atoms with Crippen LogP contribution in [0.4, 0.5) is 0 Å². The number of nitriles is 4. The van der Waals surface area contributed by atoms with Gasteiger partial charge < -0.3 is 0 Å². The molecule has 0 aromatic heterocycles. The lowest BCUT2D eigenvalue weighted by Crippen LogP contribution is -2.67. The van der Waals surface area contributed by atoms with Crippen molar-refractivity contribution in [3.8, 4) is 24.3 Å². The highest BCUT2D eigenvalue weighted by molar-refractivity contribution is 5.49. The molecule has 18 heavy (non-hydrogen) atoms. The maximum atomic E-state index is 9.35. The van der Waals surface area contributed by atoms with E-state index in [1.807, 2.05) is 44.2 Å². The Morgan fingerprint density at radius 1 is 0.944 bits per heavy atom. The van der Waals surface area contributed by atoms with Crippen molar-refractivity contribution in [3.63, 3.8) is 0 Å². The van der Waals surface area contributed by atoms with Gasteiger partial charge in [0, 0.05) is 11.3 Å². The minimum Gasteiger partial charge on any atom is -0.196 e. The van der Waals surface area contributed by atoms with Crippen LogP contribution in [0.5, 0.6) is 0 Å². The molecule has 1 aliphatic rings. The third-order valence-corrected chi connectivity index (χ3v) is 3.99. The summed E-state index contributed by atoms with van der Waals surface area (Å²) in [7, 11) is 0. The number of hydrogen-bond acceptors (Lipinski definition) is 4.